The maximum absolute atomic E-state index is 13.2. The molecule has 2 fully saturated rings. The Bertz CT molecular complexity index is 1350. The second-order valence-corrected chi connectivity index (χ2v) is 20.8. The Labute approximate surface area is 436 Å². The van der Waals surface area contributed by atoms with Crippen molar-refractivity contribution in [1.29, 1.82) is 0 Å². The summed E-state index contributed by atoms with van der Waals surface area (Å²) in [7, 11) is 0. The molecule has 2 heterocycles. The maximum Gasteiger partial charge on any atom is 0.220 e. The molecule has 1 amide bonds. The van der Waals surface area contributed by atoms with Crippen molar-refractivity contribution in [2.75, 3.05) is 19.8 Å². The number of allylic oxidation sites excluding steroid dienone is 5. The summed E-state index contributed by atoms with van der Waals surface area (Å²) in [6.45, 7) is 2.78. The molecule has 422 valence electrons. The van der Waals surface area contributed by atoms with Crippen LogP contribution < -0.4 is 5.32 Å². The summed E-state index contributed by atoms with van der Waals surface area (Å²) in [5.41, 5.74) is 0. The molecule has 0 saturated carbocycles. The van der Waals surface area contributed by atoms with E-state index < -0.39 is 86.8 Å². The predicted octanol–water partition coefficient (Wildman–Crippen LogP) is 9.44. The largest absolute Gasteiger partial charge is 0.394 e. The molecular formula is C58H107NO13. The highest BCUT2D eigenvalue weighted by molar-refractivity contribution is 5.76. The number of nitrogens with one attached hydrogen (secondary N) is 1. The lowest BCUT2D eigenvalue weighted by molar-refractivity contribution is -0.359. The number of aliphatic hydroxyl groups is 8. The van der Waals surface area contributed by atoms with Crippen molar-refractivity contribution in [2.24, 2.45) is 0 Å². The number of ether oxygens (including phenoxy) is 4. The van der Waals surface area contributed by atoms with Crippen LogP contribution in [0.2, 0.25) is 0 Å². The summed E-state index contributed by atoms with van der Waals surface area (Å²) in [4.78, 5) is 13.2. The van der Waals surface area contributed by atoms with Gasteiger partial charge in [0.25, 0.3) is 0 Å². The molecule has 0 aromatic carbocycles. The van der Waals surface area contributed by atoms with Crippen molar-refractivity contribution in [3.05, 3.63) is 36.5 Å². The van der Waals surface area contributed by atoms with Crippen LogP contribution in [0, 0.1) is 0 Å². The van der Waals surface area contributed by atoms with Crippen LogP contribution in [0.3, 0.4) is 0 Å². The highest BCUT2D eigenvalue weighted by Gasteiger charge is 2.51. The van der Waals surface area contributed by atoms with Crippen molar-refractivity contribution >= 4 is 5.91 Å². The van der Waals surface area contributed by atoms with Gasteiger partial charge in [0, 0.05) is 6.42 Å². The van der Waals surface area contributed by atoms with Gasteiger partial charge in [0.15, 0.2) is 12.6 Å². The van der Waals surface area contributed by atoms with Crippen LogP contribution in [-0.2, 0) is 23.7 Å². The number of amides is 1. The minimum absolute atomic E-state index is 0.250. The first-order valence-corrected chi connectivity index (χ1v) is 29.2. The fraction of sp³-hybridized carbons (Fsp3) is 0.879. The number of carbonyl (C=O) groups is 1. The Hall–Kier alpha value is -1.79. The van der Waals surface area contributed by atoms with Gasteiger partial charge < -0.3 is 65.1 Å². The van der Waals surface area contributed by atoms with E-state index >= 15 is 0 Å². The Morgan fingerprint density at radius 3 is 1.36 bits per heavy atom. The molecule has 9 N–H and O–H groups in total. The van der Waals surface area contributed by atoms with Crippen molar-refractivity contribution in [1.82, 2.24) is 5.32 Å². The molecule has 0 aliphatic carbocycles. The summed E-state index contributed by atoms with van der Waals surface area (Å²) in [5.74, 6) is -0.250. The van der Waals surface area contributed by atoms with E-state index in [9.17, 15) is 45.6 Å². The highest BCUT2D eigenvalue weighted by Crippen LogP contribution is 2.30. The molecule has 14 heteroatoms. The molecule has 0 spiro atoms. The average molecular weight is 1030 g/mol. The third-order valence-electron chi connectivity index (χ3n) is 14.3. The van der Waals surface area contributed by atoms with E-state index in [0.717, 1.165) is 44.9 Å². The van der Waals surface area contributed by atoms with Gasteiger partial charge in [0.05, 0.1) is 32.0 Å². The first kappa shape index (κ1) is 66.3. The molecule has 2 aliphatic rings. The smallest absolute Gasteiger partial charge is 0.220 e. The van der Waals surface area contributed by atoms with Crippen molar-refractivity contribution < 1.29 is 64.6 Å². The standard InChI is InChI=1S/C58H107NO13/c1-3-5-7-9-11-13-15-17-19-21-22-23-24-26-28-30-32-34-36-38-40-42-50(63)59-46(47(62)41-39-37-35-33-31-29-27-25-20-18-16-14-12-10-8-6-4-2)45-69-57-55(68)53(66)56(49(44-61)71-57)72-58-54(67)52(65)51(64)48(43-60)70-58/h20,25,31,33,39,41,46-49,51-58,60-62,64-68H,3-19,21-24,26-30,32,34-38,40,42-45H2,1-2H3,(H,59,63)/b25-20+,33-31+,41-39+. The molecule has 12 unspecified atom stereocenters. The third kappa shape index (κ3) is 30.1. The topological polar surface area (TPSA) is 228 Å². The van der Waals surface area contributed by atoms with Crippen LogP contribution in [0.5, 0.6) is 0 Å². The van der Waals surface area contributed by atoms with E-state index in [1.54, 1.807) is 6.08 Å². The lowest BCUT2D eigenvalue weighted by atomic mass is 9.97. The molecule has 0 radical (unpaired) electrons. The summed E-state index contributed by atoms with van der Waals surface area (Å²) in [6, 6.07) is -0.935. The summed E-state index contributed by atoms with van der Waals surface area (Å²) in [5, 5.41) is 87.0. The molecule has 2 rings (SSSR count). The van der Waals surface area contributed by atoms with Gasteiger partial charge in [-0.15, -0.1) is 0 Å². The number of unbranched alkanes of at least 4 members (excludes halogenated alkanes) is 29. The van der Waals surface area contributed by atoms with Gasteiger partial charge >= 0.3 is 0 Å². The Morgan fingerprint density at radius 1 is 0.486 bits per heavy atom. The summed E-state index contributed by atoms with van der Waals surface area (Å²) < 4.78 is 22.7. The van der Waals surface area contributed by atoms with Gasteiger partial charge in [-0.1, -0.05) is 217 Å². The minimum atomic E-state index is -1.79. The highest BCUT2D eigenvalue weighted by atomic mass is 16.7. The van der Waals surface area contributed by atoms with Crippen LogP contribution in [0.25, 0.3) is 0 Å². The molecule has 0 aromatic heterocycles. The number of rotatable bonds is 46. The first-order chi connectivity index (χ1) is 35.1. The second-order valence-electron chi connectivity index (χ2n) is 20.8. The zero-order valence-corrected chi connectivity index (χ0v) is 45.2. The molecule has 2 saturated heterocycles. The van der Waals surface area contributed by atoms with E-state index in [2.05, 4.69) is 43.5 Å². The predicted molar refractivity (Wildman–Crippen MR) is 286 cm³/mol. The van der Waals surface area contributed by atoms with Gasteiger partial charge in [-0.2, -0.15) is 0 Å². The fourth-order valence-corrected chi connectivity index (χ4v) is 9.56. The third-order valence-corrected chi connectivity index (χ3v) is 14.3. The summed E-state index contributed by atoms with van der Waals surface area (Å²) >= 11 is 0. The Kier molecular flexibility index (Phi) is 40.9. The van der Waals surface area contributed by atoms with Crippen molar-refractivity contribution in [2.45, 2.75) is 306 Å². The van der Waals surface area contributed by atoms with E-state index in [4.69, 9.17) is 18.9 Å². The van der Waals surface area contributed by atoms with Gasteiger partial charge in [-0.05, 0) is 44.9 Å². The zero-order valence-electron chi connectivity index (χ0n) is 45.2. The number of hydrogen-bond acceptors (Lipinski definition) is 13. The quantitative estimate of drug-likeness (QED) is 0.0205. The van der Waals surface area contributed by atoms with Gasteiger partial charge in [0.1, 0.15) is 48.8 Å². The second kappa shape index (κ2) is 44.3. The van der Waals surface area contributed by atoms with Gasteiger partial charge in [-0.3, -0.25) is 4.79 Å². The first-order valence-electron chi connectivity index (χ1n) is 29.2. The van der Waals surface area contributed by atoms with E-state index in [1.165, 1.54) is 154 Å². The Morgan fingerprint density at radius 2 is 0.889 bits per heavy atom. The van der Waals surface area contributed by atoms with E-state index in [1.807, 2.05) is 6.08 Å². The minimum Gasteiger partial charge on any atom is -0.394 e. The molecule has 2 aliphatic heterocycles. The molecule has 0 bridgehead atoms. The van der Waals surface area contributed by atoms with E-state index in [0.29, 0.717) is 12.8 Å². The lowest BCUT2D eigenvalue weighted by Gasteiger charge is -2.46. The molecule has 12 atom stereocenters. The number of aliphatic hydroxyl groups excluding tert-OH is 8. The zero-order chi connectivity index (χ0) is 52.4. The van der Waals surface area contributed by atoms with Crippen molar-refractivity contribution in [3.63, 3.8) is 0 Å². The van der Waals surface area contributed by atoms with E-state index in [-0.39, 0.29) is 18.9 Å². The van der Waals surface area contributed by atoms with Crippen LogP contribution in [0.1, 0.15) is 232 Å². The number of hydrogen-bond donors (Lipinski definition) is 9. The Balaban J connectivity index is 1.79. The monoisotopic (exact) mass is 1030 g/mol. The molecular weight excluding hydrogens is 919 g/mol. The fourth-order valence-electron chi connectivity index (χ4n) is 9.56. The molecule has 0 aromatic rings. The van der Waals surface area contributed by atoms with Crippen LogP contribution in [-0.4, -0.2) is 140 Å². The summed E-state index contributed by atoms with van der Waals surface area (Å²) in [6.07, 6.45) is 36.1. The van der Waals surface area contributed by atoms with Gasteiger partial charge in [-0.25, -0.2) is 0 Å². The molecule has 14 nitrogen and oxygen atoms in total. The van der Waals surface area contributed by atoms with Crippen LogP contribution >= 0.6 is 0 Å². The van der Waals surface area contributed by atoms with Crippen LogP contribution in [0.15, 0.2) is 36.5 Å². The lowest BCUT2D eigenvalue weighted by Crippen LogP contribution is -2.65. The maximum atomic E-state index is 13.2. The average Bonchev–Trinajstić information content (AvgIpc) is 3.38. The molecule has 72 heavy (non-hydrogen) atoms. The SMILES string of the molecule is CCCCCCCCC/C=C/CC/C=C/CC/C=C/C(O)C(COC1OC(CO)C(OC2OC(CO)C(O)C(O)C2O)C(O)C1O)NC(=O)CCCCCCCCCCCCCCCCCCCCCCC. The van der Waals surface area contributed by atoms with Gasteiger partial charge in [0.2, 0.25) is 5.91 Å². The normalized spacial score (nSPS) is 25.8. The number of carbonyl (C=O) groups excluding carboxylic acids is 1. The van der Waals surface area contributed by atoms with Crippen molar-refractivity contribution in [3.8, 4) is 0 Å². The van der Waals surface area contributed by atoms with Crippen LogP contribution in [0.4, 0.5) is 0 Å².